The van der Waals surface area contributed by atoms with Crippen LogP contribution >= 0.6 is 15.9 Å². The molecular weight excluding hydrogens is 316 g/mol. The van der Waals surface area contributed by atoms with E-state index < -0.39 is 0 Å². The van der Waals surface area contributed by atoms with Gasteiger partial charge in [-0.15, -0.1) is 0 Å². The summed E-state index contributed by atoms with van der Waals surface area (Å²) in [5.41, 5.74) is 1.32. The van der Waals surface area contributed by atoms with Crippen molar-refractivity contribution in [3.8, 4) is 0 Å². The molecule has 0 aromatic carbocycles. The Morgan fingerprint density at radius 1 is 1.35 bits per heavy atom. The molecule has 0 spiro atoms. The molecular formula is C16H21BrN2O. The molecule has 2 fully saturated rings. The maximum absolute atomic E-state index is 12.7. The summed E-state index contributed by atoms with van der Waals surface area (Å²) in [4.78, 5) is 19.0. The Morgan fingerprint density at radius 3 is 2.75 bits per heavy atom. The number of halogens is 1. The molecule has 3 rings (SSSR count). The van der Waals surface area contributed by atoms with Gasteiger partial charge in [-0.3, -0.25) is 4.79 Å². The molecule has 0 radical (unpaired) electrons. The van der Waals surface area contributed by atoms with Gasteiger partial charge in [0.2, 0.25) is 0 Å². The summed E-state index contributed by atoms with van der Waals surface area (Å²) in [6, 6.07) is 4.08. The molecule has 108 valence electrons. The van der Waals surface area contributed by atoms with Crippen LogP contribution in [0.4, 0.5) is 0 Å². The number of carbonyl (C=O) groups is 1. The summed E-state index contributed by atoms with van der Waals surface area (Å²) in [6.07, 6.45) is 5.13. The van der Waals surface area contributed by atoms with Crippen molar-refractivity contribution >= 4 is 21.8 Å². The zero-order valence-corrected chi connectivity index (χ0v) is 13.9. The van der Waals surface area contributed by atoms with Gasteiger partial charge in [0.25, 0.3) is 5.91 Å². The average molecular weight is 337 g/mol. The van der Waals surface area contributed by atoms with E-state index >= 15 is 0 Å². The predicted octanol–water partition coefficient (Wildman–Crippen LogP) is 3.88. The molecule has 1 saturated heterocycles. The minimum absolute atomic E-state index is 0.136. The molecule has 2 heterocycles. The van der Waals surface area contributed by atoms with Gasteiger partial charge in [-0.1, -0.05) is 20.8 Å². The highest BCUT2D eigenvalue weighted by molar-refractivity contribution is 9.10. The van der Waals surface area contributed by atoms with Crippen molar-refractivity contribution in [3.05, 3.63) is 28.5 Å². The predicted molar refractivity (Wildman–Crippen MR) is 82.5 cm³/mol. The third-order valence-electron chi connectivity index (χ3n) is 4.65. The first-order chi connectivity index (χ1) is 9.28. The average Bonchev–Trinajstić information content (AvgIpc) is 2.58. The molecule has 20 heavy (non-hydrogen) atoms. The molecule has 1 aliphatic heterocycles. The van der Waals surface area contributed by atoms with E-state index in [0.29, 0.717) is 17.0 Å². The van der Waals surface area contributed by atoms with Crippen molar-refractivity contribution in [1.82, 2.24) is 9.88 Å². The lowest BCUT2D eigenvalue weighted by atomic mass is 9.65. The minimum Gasteiger partial charge on any atom is -0.335 e. The van der Waals surface area contributed by atoms with Gasteiger partial charge in [0.15, 0.2) is 0 Å². The second-order valence-electron chi connectivity index (χ2n) is 7.52. The molecule has 0 N–H and O–H groups in total. The molecule has 1 aromatic rings. The minimum atomic E-state index is 0.136. The van der Waals surface area contributed by atoms with Crippen LogP contribution in [0.15, 0.2) is 22.9 Å². The SMILES string of the molecule is CC1(C)CC2CC(C)(CN2C(=O)c2ccc(Br)nc2)C1. The number of pyridine rings is 1. The van der Waals surface area contributed by atoms with Gasteiger partial charge in [-0.2, -0.15) is 0 Å². The fourth-order valence-electron chi connectivity index (χ4n) is 4.37. The number of hydrogen-bond donors (Lipinski definition) is 0. The fourth-order valence-corrected chi connectivity index (χ4v) is 4.60. The van der Waals surface area contributed by atoms with Gasteiger partial charge >= 0.3 is 0 Å². The lowest BCUT2D eigenvalue weighted by molar-refractivity contribution is 0.0708. The van der Waals surface area contributed by atoms with Crippen LogP contribution in [0.1, 0.15) is 50.4 Å². The number of rotatable bonds is 1. The lowest BCUT2D eigenvalue weighted by Crippen LogP contribution is -2.37. The molecule has 3 nitrogen and oxygen atoms in total. The van der Waals surface area contributed by atoms with Crippen LogP contribution in [-0.2, 0) is 0 Å². The monoisotopic (exact) mass is 336 g/mol. The number of carbonyl (C=O) groups excluding carboxylic acids is 1. The number of hydrogen-bond acceptors (Lipinski definition) is 2. The first-order valence-corrected chi connectivity index (χ1v) is 8.00. The van der Waals surface area contributed by atoms with E-state index in [2.05, 4.69) is 46.6 Å². The summed E-state index contributed by atoms with van der Waals surface area (Å²) in [5, 5.41) is 0. The smallest absolute Gasteiger partial charge is 0.255 e. The molecule has 1 aromatic heterocycles. The molecule has 2 atom stereocenters. The Morgan fingerprint density at radius 2 is 2.10 bits per heavy atom. The van der Waals surface area contributed by atoms with Crippen molar-refractivity contribution in [3.63, 3.8) is 0 Å². The number of fused-ring (bicyclic) bond motifs is 2. The van der Waals surface area contributed by atoms with Crippen LogP contribution in [0.25, 0.3) is 0 Å². The van der Waals surface area contributed by atoms with Crippen LogP contribution in [0, 0.1) is 10.8 Å². The normalized spacial score (nSPS) is 31.4. The third-order valence-corrected chi connectivity index (χ3v) is 5.12. The lowest BCUT2D eigenvalue weighted by Gasteiger charge is -2.39. The van der Waals surface area contributed by atoms with Gasteiger partial charge < -0.3 is 4.90 Å². The van der Waals surface area contributed by atoms with Crippen molar-refractivity contribution < 1.29 is 4.79 Å². The summed E-state index contributed by atoms with van der Waals surface area (Å²) >= 11 is 3.31. The molecule has 4 heteroatoms. The Hall–Kier alpha value is -0.900. The Kier molecular flexibility index (Phi) is 3.20. The van der Waals surface area contributed by atoms with Gasteiger partial charge in [-0.25, -0.2) is 4.98 Å². The second kappa shape index (κ2) is 4.55. The highest BCUT2D eigenvalue weighted by Crippen LogP contribution is 2.52. The third kappa shape index (κ3) is 2.50. The summed E-state index contributed by atoms with van der Waals surface area (Å²) in [5.74, 6) is 0.136. The zero-order valence-electron chi connectivity index (χ0n) is 12.3. The first-order valence-electron chi connectivity index (χ1n) is 7.21. The van der Waals surface area contributed by atoms with Crippen molar-refractivity contribution in [2.24, 2.45) is 10.8 Å². The van der Waals surface area contributed by atoms with Crippen molar-refractivity contribution in [1.29, 1.82) is 0 Å². The summed E-state index contributed by atoms with van der Waals surface area (Å²) < 4.78 is 0.766. The molecule has 2 aliphatic rings. The van der Waals surface area contributed by atoms with E-state index in [4.69, 9.17) is 0 Å². The largest absolute Gasteiger partial charge is 0.335 e. The molecule has 2 unspecified atom stereocenters. The maximum Gasteiger partial charge on any atom is 0.255 e. The van der Waals surface area contributed by atoms with Crippen LogP contribution < -0.4 is 0 Å². The number of nitrogens with zero attached hydrogens (tertiary/aromatic N) is 2. The Labute approximate surface area is 128 Å². The van der Waals surface area contributed by atoms with Gasteiger partial charge in [-0.05, 0) is 58.2 Å². The van der Waals surface area contributed by atoms with Crippen molar-refractivity contribution in [2.75, 3.05) is 6.54 Å². The van der Waals surface area contributed by atoms with E-state index in [-0.39, 0.29) is 11.3 Å². The Balaban J connectivity index is 1.85. The quantitative estimate of drug-likeness (QED) is 0.729. The number of aromatic nitrogens is 1. The van der Waals surface area contributed by atoms with Crippen LogP contribution in [0.3, 0.4) is 0 Å². The topological polar surface area (TPSA) is 33.2 Å². The van der Waals surface area contributed by atoms with Crippen LogP contribution in [0.2, 0.25) is 0 Å². The van der Waals surface area contributed by atoms with Gasteiger partial charge in [0.05, 0.1) is 5.56 Å². The zero-order chi connectivity index (χ0) is 14.5. The highest BCUT2D eigenvalue weighted by atomic mass is 79.9. The van der Waals surface area contributed by atoms with Gasteiger partial charge in [0, 0.05) is 18.8 Å². The maximum atomic E-state index is 12.7. The van der Waals surface area contributed by atoms with E-state index in [9.17, 15) is 4.79 Å². The molecule has 1 amide bonds. The summed E-state index contributed by atoms with van der Waals surface area (Å²) in [6.45, 7) is 7.86. The van der Waals surface area contributed by atoms with E-state index in [0.717, 1.165) is 24.0 Å². The van der Waals surface area contributed by atoms with Crippen LogP contribution in [-0.4, -0.2) is 28.4 Å². The Bertz CT molecular complexity index is 540. The van der Waals surface area contributed by atoms with E-state index in [1.54, 1.807) is 6.20 Å². The van der Waals surface area contributed by atoms with Gasteiger partial charge in [0.1, 0.15) is 4.60 Å². The standard InChI is InChI=1S/C16H21BrN2O/c1-15(2)6-12-7-16(3,9-15)10-19(12)14(20)11-4-5-13(17)18-8-11/h4-5,8,12H,6-7,9-10H2,1-3H3. The molecule has 1 aliphatic carbocycles. The number of amides is 1. The van der Waals surface area contributed by atoms with Crippen molar-refractivity contribution in [2.45, 2.75) is 46.1 Å². The highest BCUT2D eigenvalue weighted by Gasteiger charge is 2.50. The molecule has 1 saturated carbocycles. The number of likely N-dealkylation sites (tertiary alicyclic amines) is 1. The summed E-state index contributed by atoms with van der Waals surface area (Å²) in [7, 11) is 0. The fraction of sp³-hybridized carbons (Fsp3) is 0.625. The second-order valence-corrected chi connectivity index (χ2v) is 8.33. The first kappa shape index (κ1) is 14.1. The van der Waals surface area contributed by atoms with Crippen LogP contribution in [0.5, 0.6) is 0 Å². The van der Waals surface area contributed by atoms with E-state index in [1.807, 2.05) is 12.1 Å². The van der Waals surface area contributed by atoms with E-state index in [1.165, 1.54) is 6.42 Å². The molecule has 2 bridgehead atoms.